The molecular formula is C17H23NO4. The fourth-order valence-electron chi connectivity index (χ4n) is 2.66. The zero-order chi connectivity index (χ0) is 16.1. The number of benzene rings is 1. The highest BCUT2D eigenvalue weighted by atomic mass is 16.5. The Labute approximate surface area is 130 Å². The van der Waals surface area contributed by atoms with Crippen LogP contribution in [0, 0.1) is 5.92 Å². The lowest BCUT2D eigenvalue weighted by molar-refractivity contribution is -0.141. The molecule has 1 fully saturated rings. The summed E-state index contributed by atoms with van der Waals surface area (Å²) in [4.78, 5) is 24.7. The molecule has 0 unspecified atom stereocenters. The largest absolute Gasteiger partial charge is 0.483 e. The van der Waals surface area contributed by atoms with Crippen LogP contribution in [0.1, 0.15) is 38.2 Å². The van der Waals surface area contributed by atoms with Crippen molar-refractivity contribution in [1.82, 2.24) is 4.90 Å². The minimum Gasteiger partial charge on any atom is -0.483 e. The predicted octanol–water partition coefficient (Wildman–Crippen LogP) is 2.51. The van der Waals surface area contributed by atoms with Gasteiger partial charge in [0.15, 0.2) is 6.61 Å². The zero-order valence-electron chi connectivity index (χ0n) is 13.1. The average Bonchev–Trinajstić information content (AvgIpc) is 3.02. The number of hydrogen-bond acceptors (Lipinski definition) is 3. The first-order chi connectivity index (χ1) is 10.5. The summed E-state index contributed by atoms with van der Waals surface area (Å²) in [6, 6.07) is 7.75. The summed E-state index contributed by atoms with van der Waals surface area (Å²) in [5.41, 5.74) is 1.10. The van der Waals surface area contributed by atoms with Crippen molar-refractivity contribution in [3.63, 3.8) is 0 Å². The van der Waals surface area contributed by atoms with Crippen LogP contribution in [0.2, 0.25) is 0 Å². The molecule has 1 amide bonds. The number of carbonyl (C=O) groups excluding carboxylic acids is 1. The maximum absolute atomic E-state index is 12.1. The van der Waals surface area contributed by atoms with E-state index >= 15 is 0 Å². The molecule has 1 aromatic carbocycles. The lowest BCUT2D eigenvalue weighted by Crippen LogP contribution is -2.33. The highest BCUT2D eigenvalue weighted by molar-refractivity contribution is 5.80. The molecule has 0 radical (unpaired) electrons. The Kier molecular flexibility index (Phi) is 5.41. The van der Waals surface area contributed by atoms with E-state index in [1.165, 1.54) is 0 Å². The lowest BCUT2D eigenvalue weighted by Gasteiger charge is -2.18. The normalized spacial score (nSPS) is 19.0. The molecular weight excluding hydrogens is 282 g/mol. The average molecular weight is 305 g/mol. The fraction of sp³-hybridized carbons (Fsp3) is 0.529. The molecule has 1 aromatic rings. The summed E-state index contributed by atoms with van der Waals surface area (Å²) < 4.78 is 5.69. The first-order valence-corrected chi connectivity index (χ1v) is 7.75. The molecule has 2 rings (SSSR count). The maximum atomic E-state index is 12.1. The molecule has 1 heterocycles. The molecule has 1 aliphatic heterocycles. The molecule has 0 saturated carbocycles. The topological polar surface area (TPSA) is 66.8 Å². The van der Waals surface area contributed by atoms with Crippen LogP contribution in [0.25, 0.3) is 0 Å². The molecule has 0 aliphatic carbocycles. The Bertz CT molecular complexity index is 543. The first-order valence-electron chi connectivity index (χ1n) is 7.75. The van der Waals surface area contributed by atoms with E-state index in [1.54, 1.807) is 4.90 Å². The van der Waals surface area contributed by atoms with Gasteiger partial charge in [-0.2, -0.15) is 0 Å². The zero-order valence-corrected chi connectivity index (χ0v) is 13.1. The molecule has 120 valence electrons. The van der Waals surface area contributed by atoms with Crippen molar-refractivity contribution in [2.45, 2.75) is 32.6 Å². The van der Waals surface area contributed by atoms with Crippen LogP contribution in [-0.2, 0) is 9.59 Å². The van der Waals surface area contributed by atoms with Gasteiger partial charge in [0.05, 0.1) is 5.92 Å². The van der Waals surface area contributed by atoms with Gasteiger partial charge in [0.1, 0.15) is 5.75 Å². The van der Waals surface area contributed by atoms with Gasteiger partial charge in [0, 0.05) is 13.1 Å². The molecule has 22 heavy (non-hydrogen) atoms. The van der Waals surface area contributed by atoms with Crippen molar-refractivity contribution in [3.8, 4) is 5.75 Å². The molecule has 0 bridgehead atoms. The Morgan fingerprint density at radius 2 is 2.14 bits per heavy atom. The third-order valence-electron chi connectivity index (χ3n) is 4.30. The van der Waals surface area contributed by atoms with Crippen molar-refractivity contribution >= 4 is 11.9 Å². The van der Waals surface area contributed by atoms with E-state index < -0.39 is 11.9 Å². The number of likely N-dealkylation sites (tertiary alicyclic amines) is 1. The van der Waals surface area contributed by atoms with Crippen molar-refractivity contribution in [2.24, 2.45) is 5.92 Å². The number of carboxylic acid groups (broad SMARTS) is 1. The number of rotatable bonds is 6. The number of hydrogen-bond donors (Lipinski definition) is 1. The summed E-state index contributed by atoms with van der Waals surface area (Å²) in [6.07, 6.45) is 1.52. The van der Waals surface area contributed by atoms with Crippen LogP contribution in [-0.4, -0.2) is 41.6 Å². The number of carboxylic acids is 1. The van der Waals surface area contributed by atoms with E-state index in [0.29, 0.717) is 18.9 Å². The molecule has 1 N–H and O–H groups in total. The van der Waals surface area contributed by atoms with E-state index in [9.17, 15) is 9.59 Å². The first kappa shape index (κ1) is 16.3. The molecule has 0 aromatic heterocycles. The number of nitrogens with zero attached hydrogens (tertiary/aromatic N) is 1. The number of ether oxygens (including phenoxy) is 1. The summed E-state index contributed by atoms with van der Waals surface area (Å²) in [7, 11) is 0. The van der Waals surface area contributed by atoms with Gasteiger partial charge < -0.3 is 14.7 Å². The number of carbonyl (C=O) groups is 2. The highest BCUT2D eigenvalue weighted by Gasteiger charge is 2.30. The fourth-order valence-corrected chi connectivity index (χ4v) is 2.66. The number of amides is 1. The Morgan fingerprint density at radius 1 is 1.41 bits per heavy atom. The summed E-state index contributed by atoms with van der Waals surface area (Å²) in [5, 5.41) is 8.98. The van der Waals surface area contributed by atoms with Gasteiger partial charge in [0.25, 0.3) is 5.91 Å². The van der Waals surface area contributed by atoms with Crippen molar-refractivity contribution < 1.29 is 19.4 Å². The second kappa shape index (κ2) is 7.29. The monoisotopic (exact) mass is 305 g/mol. The lowest BCUT2D eigenvalue weighted by atomic mass is 9.98. The maximum Gasteiger partial charge on any atom is 0.308 e. The van der Waals surface area contributed by atoms with Crippen LogP contribution >= 0.6 is 0 Å². The minimum absolute atomic E-state index is 0.0419. The summed E-state index contributed by atoms with van der Waals surface area (Å²) in [5.74, 6) is -0.328. The van der Waals surface area contributed by atoms with E-state index in [-0.39, 0.29) is 19.1 Å². The minimum atomic E-state index is -0.835. The molecule has 1 aliphatic rings. The molecule has 0 spiro atoms. The second-order valence-electron chi connectivity index (χ2n) is 5.80. The Morgan fingerprint density at radius 3 is 2.77 bits per heavy atom. The van der Waals surface area contributed by atoms with Gasteiger partial charge in [-0.1, -0.05) is 32.0 Å². The van der Waals surface area contributed by atoms with Crippen LogP contribution in [0.3, 0.4) is 0 Å². The van der Waals surface area contributed by atoms with Gasteiger partial charge in [-0.05, 0) is 30.4 Å². The second-order valence-corrected chi connectivity index (χ2v) is 5.80. The van der Waals surface area contributed by atoms with Gasteiger partial charge in [0.2, 0.25) is 0 Å². The highest BCUT2D eigenvalue weighted by Crippen LogP contribution is 2.28. The smallest absolute Gasteiger partial charge is 0.308 e. The van der Waals surface area contributed by atoms with Crippen LogP contribution in [0.4, 0.5) is 0 Å². The van der Waals surface area contributed by atoms with Crippen molar-refractivity contribution in [3.05, 3.63) is 29.8 Å². The van der Waals surface area contributed by atoms with Gasteiger partial charge in [-0.3, -0.25) is 9.59 Å². The third kappa shape index (κ3) is 3.78. The summed E-state index contributed by atoms with van der Waals surface area (Å²) >= 11 is 0. The molecule has 5 nitrogen and oxygen atoms in total. The van der Waals surface area contributed by atoms with E-state index in [2.05, 4.69) is 13.8 Å². The van der Waals surface area contributed by atoms with Gasteiger partial charge in [-0.25, -0.2) is 0 Å². The van der Waals surface area contributed by atoms with Gasteiger partial charge in [-0.15, -0.1) is 0 Å². The van der Waals surface area contributed by atoms with Crippen LogP contribution in [0.15, 0.2) is 24.3 Å². The Hall–Kier alpha value is -2.04. The quantitative estimate of drug-likeness (QED) is 0.877. The molecule has 1 saturated heterocycles. The van der Waals surface area contributed by atoms with E-state index in [4.69, 9.17) is 9.84 Å². The molecule has 5 heteroatoms. The number of aliphatic carboxylic acids is 1. The predicted molar refractivity (Wildman–Crippen MR) is 83.0 cm³/mol. The summed E-state index contributed by atoms with van der Waals surface area (Å²) in [6.45, 7) is 4.97. The number of para-hydroxylation sites is 1. The van der Waals surface area contributed by atoms with Crippen LogP contribution in [0.5, 0.6) is 5.75 Å². The van der Waals surface area contributed by atoms with E-state index in [1.807, 2.05) is 24.3 Å². The van der Waals surface area contributed by atoms with Crippen LogP contribution < -0.4 is 4.74 Å². The van der Waals surface area contributed by atoms with E-state index in [0.717, 1.165) is 17.7 Å². The van der Waals surface area contributed by atoms with Crippen molar-refractivity contribution in [2.75, 3.05) is 19.7 Å². The molecule has 2 atom stereocenters. The standard InChI is InChI=1S/C17H23NO4/c1-3-12(2)14-6-4-5-7-15(14)22-11-16(19)18-9-8-13(10-18)17(20)21/h4-7,12-13H,3,8-11H2,1-2H3,(H,20,21)/t12-,13-/m1/s1. The SMILES string of the molecule is CC[C@@H](C)c1ccccc1OCC(=O)N1CC[C@@H](C(=O)O)C1. The van der Waals surface area contributed by atoms with Gasteiger partial charge >= 0.3 is 5.97 Å². The Balaban J connectivity index is 1.93. The van der Waals surface area contributed by atoms with Crippen molar-refractivity contribution in [1.29, 1.82) is 0 Å². The third-order valence-corrected chi connectivity index (χ3v) is 4.30.